The van der Waals surface area contributed by atoms with E-state index >= 15 is 0 Å². The summed E-state index contributed by atoms with van der Waals surface area (Å²) in [6.07, 6.45) is 3.77. The summed E-state index contributed by atoms with van der Waals surface area (Å²) < 4.78 is 0. The number of nitrogens with one attached hydrogen (secondary N) is 1. The van der Waals surface area contributed by atoms with Crippen LogP contribution in [0, 0.1) is 6.92 Å². The number of unbranched alkanes of at least 4 members (excludes halogenated alkanes) is 1. The lowest BCUT2D eigenvalue weighted by molar-refractivity contribution is 0.204. The van der Waals surface area contributed by atoms with Crippen molar-refractivity contribution in [2.45, 2.75) is 38.6 Å². The molecule has 1 saturated carbocycles. The van der Waals surface area contributed by atoms with Crippen LogP contribution in [0.25, 0.3) is 0 Å². The fourth-order valence-electron chi connectivity index (χ4n) is 2.66. The smallest absolute Gasteiger partial charge is 0.322 e. The van der Waals surface area contributed by atoms with E-state index in [2.05, 4.69) is 10.2 Å². The number of hydrogen-bond acceptors (Lipinski definition) is 3. The molecule has 122 valence electrons. The number of benzene rings is 1. The molecule has 0 spiro atoms. The molecule has 0 unspecified atom stereocenters. The van der Waals surface area contributed by atoms with Crippen molar-refractivity contribution in [1.82, 2.24) is 4.90 Å². The quantitative estimate of drug-likeness (QED) is 0.762. The molecule has 1 aromatic rings. The van der Waals surface area contributed by atoms with Gasteiger partial charge in [0.15, 0.2) is 0 Å². The standard InChI is InChI=1S/C17H27N3O2/c1-13-12-14(6-9-16(13)19(2)3)18-17(22)20(15-7-8-15)10-4-5-11-21/h6,9,12,15,21H,4-5,7-8,10-11H2,1-3H3,(H,18,22). The second-order valence-electron chi connectivity index (χ2n) is 6.18. The van der Waals surface area contributed by atoms with Crippen LogP contribution in [0.4, 0.5) is 16.2 Å². The Morgan fingerprint density at radius 1 is 1.32 bits per heavy atom. The Kier molecular flexibility index (Phi) is 5.66. The first kappa shape index (κ1) is 16.6. The van der Waals surface area contributed by atoms with E-state index < -0.39 is 0 Å². The van der Waals surface area contributed by atoms with E-state index in [1.165, 1.54) is 0 Å². The third-order valence-corrected chi connectivity index (χ3v) is 3.99. The van der Waals surface area contributed by atoms with Gasteiger partial charge in [0.05, 0.1) is 0 Å². The molecule has 0 heterocycles. The van der Waals surface area contributed by atoms with Gasteiger partial charge in [0.1, 0.15) is 0 Å². The van der Waals surface area contributed by atoms with Crippen LogP contribution < -0.4 is 10.2 Å². The van der Waals surface area contributed by atoms with Crippen LogP contribution in [0.2, 0.25) is 0 Å². The van der Waals surface area contributed by atoms with Crippen LogP contribution in [-0.2, 0) is 0 Å². The van der Waals surface area contributed by atoms with Gasteiger partial charge in [-0.1, -0.05) is 0 Å². The second kappa shape index (κ2) is 7.49. The van der Waals surface area contributed by atoms with Gasteiger partial charge in [-0.3, -0.25) is 0 Å². The molecule has 0 saturated heterocycles. The van der Waals surface area contributed by atoms with Crippen molar-refractivity contribution in [3.8, 4) is 0 Å². The highest BCUT2D eigenvalue weighted by atomic mass is 16.3. The first-order chi connectivity index (χ1) is 10.5. The fourth-order valence-corrected chi connectivity index (χ4v) is 2.66. The largest absolute Gasteiger partial charge is 0.396 e. The van der Waals surface area contributed by atoms with Gasteiger partial charge in [-0.15, -0.1) is 0 Å². The minimum Gasteiger partial charge on any atom is -0.396 e. The van der Waals surface area contributed by atoms with Gasteiger partial charge < -0.3 is 20.2 Å². The van der Waals surface area contributed by atoms with E-state index in [9.17, 15) is 4.79 Å². The first-order valence-electron chi connectivity index (χ1n) is 7.99. The van der Waals surface area contributed by atoms with E-state index in [0.717, 1.165) is 42.6 Å². The number of aliphatic hydroxyl groups is 1. The monoisotopic (exact) mass is 305 g/mol. The summed E-state index contributed by atoms with van der Waals surface area (Å²) in [5.41, 5.74) is 3.13. The van der Waals surface area contributed by atoms with Crippen molar-refractivity contribution in [1.29, 1.82) is 0 Å². The molecule has 0 bridgehead atoms. The highest BCUT2D eigenvalue weighted by molar-refractivity contribution is 5.90. The predicted octanol–water partition coefficient (Wildman–Crippen LogP) is 2.83. The molecule has 22 heavy (non-hydrogen) atoms. The van der Waals surface area contributed by atoms with Crippen molar-refractivity contribution >= 4 is 17.4 Å². The summed E-state index contributed by atoms with van der Waals surface area (Å²) in [6.45, 7) is 2.95. The summed E-state index contributed by atoms with van der Waals surface area (Å²) in [4.78, 5) is 16.4. The number of aliphatic hydroxyl groups excluding tert-OH is 1. The Bertz CT molecular complexity index is 513. The molecule has 2 rings (SSSR count). The maximum absolute atomic E-state index is 12.5. The van der Waals surface area contributed by atoms with E-state index in [1.807, 2.05) is 44.1 Å². The molecule has 2 amide bonds. The first-order valence-corrected chi connectivity index (χ1v) is 7.99. The fraction of sp³-hybridized carbons (Fsp3) is 0.588. The summed E-state index contributed by atoms with van der Waals surface area (Å²) in [6, 6.07) is 6.32. The molecular formula is C17H27N3O2. The van der Waals surface area contributed by atoms with Gasteiger partial charge in [-0.2, -0.15) is 0 Å². The third-order valence-electron chi connectivity index (χ3n) is 3.99. The molecular weight excluding hydrogens is 278 g/mol. The molecule has 1 aliphatic carbocycles. The minimum absolute atomic E-state index is 0.0301. The number of amides is 2. The maximum Gasteiger partial charge on any atom is 0.322 e. The Hall–Kier alpha value is -1.75. The Balaban J connectivity index is 1.98. The van der Waals surface area contributed by atoms with Crippen LogP contribution >= 0.6 is 0 Å². The summed E-state index contributed by atoms with van der Waals surface area (Å²) in [5, 5.41) is 11.9. The summed E-state index contributed by atoms with van der Waals surface area (Å²) in [7, 11) is 4.02. The second-order valence-corrected chi connectivity index (χ2v) is 6.18. The maximum atomic E-state index is 12.5. The van der Waals surface area contributed by atoms with E-state index in [1.54, 1.807) is 0 Å². The van der Waals surface area contributed by atoms with Crippen molar-refractivity contribution in [2.75, 3.05) is 37.5 Å². The minimum atomic E-state index is -0.0301. The summed E-state index contributed by atoms with van der Waals surface area (Å²) >= 11 is 0. The molecule has 5 nitrogen and oxygen atoms in total. The van der Waals surface area contributed by atoms with Gasteiger partial charge in [-0.25, -0.2) is 4.79 Å². The number of urea groups is 1. The highest BCUT2D eigenvalue weighted by Gasteiger charge is 2.32. The Morgan fingerprint density at radius 2 is 2.05 bits per heavy atom. The van der Waals surface area contributed by atoms with Crippen molar-refractivity contribution in [3.63, 3.8) is 0 Å². The Morgan fingerprint density at radius 3 is 2.59 bits per heavy atom. The van der Waals surface area contributed by atoms with Crippen LogP contribution in [0.3, 0.4) is 0 Å². The number of nitrogens with zero attached hydrogens (tertiary/aromatic N) is 2. The molecule has 0 radical (unpaired) electrons. The normalized spacial score (nSPS) is 13.8. The average Bonchev–Trinajstić information content (AvgIpc) is 3.27. The van der Waals surface area contributed by atoms with Crippen LogP contribution in [0.15, 0.2) is 18.2 Å². The van der Waals surface area contributed by atoms with Gasteiger partial charge in [-0.05, 0) is 56.4 Å². The summed E-state index contributed by atoms with van der Waals surface area (Å²) in [5.74, 6) is 0. The highest BCUT2D eigenvalue weighted by Crippen LogP contribution is 2.28. The Labute approximate surface area is 132 Å². The molecule has 2 N–H and O–H groups in total. The number of carbonyl (C=O) groups is 1. The molecule has 1 aromatic carbocycles. The molecule has 1 aliphatic rings. The molecule has 1 fully saturated rings. The topological polar surface area (TPSA) is 55.8 Å². The zero-order valence-electron chi connectivity index (χ0n) is 13.8. The van der Waals surface area contributed by atoms with Crippen LogP contribution in [-0.4, -0.2) is 49.3 Å². The lowest BCUT2D eigenvalue weighted by Gasteiger charge is -2.23. The molecule has 0 atom stereocenters. The van der Waals surface area contributed by atoms with Gasteiger partial charge in [0.25, 0.3) is 0 Å². The molecule has 0 aliphatic heterocycles. The van der Waals surface area contributed by atoms with Crippen LogP contribution in [0.1, 0.15) is 31.2 Å². The van der Waals surface area contributed by atoms with E-state index in [0.29, 0.717) is 12.6 Å². The molecule has 0 aromatic heterocycles. The van der Waals surface area contributed by atoms with Crippen molar-refractivity contribution in [2.24, 2.45) is 0 Å². The lowest BCUT2D eigenvalue weighted by atomic mass is 10.1. The van der Waals surface area contributed by atoms with E-state index in [4.69, 9.17) is 5.11 Å². The van der Waals surface area contributed by atoms with Gasteiger partial charge in [0, 0.05) is 44.7 Å². The van der Waals surface area contributed by atoms with Crippen molar-refractivity contribution < 1.29 is 9.90 Å². The number of anilines is 2. The lowest BCUT2D eigenvalue weighted by Crippen LogP contribution is -2.37. The third kappa shape index (κ3) is 4.37. The number of carbonyl (C=O) groups excluding carboxylic acids is 1. The number of rotatable bonds is 7. The SMILES string of the molecule is Cc1cc(NC(=O)N(CCCCO)C2CC2)ccc1N(C)C. The van der Waals surface area contributed by atoms with Gasteiger partial charge >= 0.3 is 6.03 Å². The van der Waals surface area contributed by atoms with E-state index in [-0.39, 0.29) is 12.6 Å². The average molecular weight is 305 g/mol. The number of aryl methyl sites for hydroxylation is 1. The zero-order valence-corrected chi connectivity index (χ0v) is 13.8. The van der Waals surface area contributed by atoms with Crippen LogP contribution in [0.5, 0.6) is 0 Å². The number of hydrogen-bond donors (Lipinski definition) is 2. The molecule has 5 heteroatoms. The van der Waals surface area contributed by atoms with Crippen molar-refractivity contribution in [3.05, 3.63) is 23.8 Å². The zero-order chi connectivity index (χ0) is 16.1. The van der Waals surface area contributed by atoms with Gasteiger partial charge in [0.2, 0.25) is 0 Å². The predicted molar refractivity (Wildman–Crippen MR) is 90.6 cm³/mol.